The van der Waals surface area contributed by atoms with Crippen molar-refractivity contribution in [2.24, 2.45) is 0 Å². The van der Waals surface area contributed by atoms with Crippen LogP contribution >= 0.6 is 0 Å². The summed E-state index contributed by atoms with van der Waals surface area (Å²) in [6.45, 7) is 4.11. The maximum absolute atomic E-state index is 13.2. The number of imide groups is 1. The van der Waals surface area contributed by atoms with E-state index in [4.69, 9.17) is 23.9 Å². The topological polar surface area (TPSA) is 223 Å². The summed E-state index contributed by atoms with van der Waals surface area (Å²) in [7, 11) is 3.29. The lowest BCUT2D eigenvalue weighted by Gasteiger charge is -2.43. The van der Waals surface area contributed by atoms with Gasteiger partial charge in [-0.05, 0) is 56.0 Å². The van der Waals surface area contributed by atoms with Crippen molar-refractivity contribution in [3.8, 4) is 5.75 Å². The van der Waals surface area contributed by atoms with Gasteiger partial charge in [-0.2, -0.15) is 4.98 Å². The van der Waals surface area contributed by atoms with Crippen molar-refractivity contribution >= 4 is 64.3 Å². The zero-order valence-corrected chi connectivity index (χ0v) is 35.9. The smallest absolute Gasteiger partial charge is 0.255 e. The van der Waals surface area contributed by atoms with E-state index in [9.17, 15) is 28.8 Å². The van der Waals surface area contributed by atoms with Crippen LogP contribution in [-0.4, -0.2) is 129 Å². The van der Waals surface area contributed by atoms with E-state index in [1.807, 2.05) is 6.92 Å². The molecule has 0 bridgehead atoms. The van der Waals surface area contributed by atoms with Gasteiger partial charge in [-0.25, -0.2) is 4.98 Å². The maximum atomic E-state index is 13.2. The number of anilines is 5. The third-order valence-corrected chi connectivity index (χ3v) is 11.7. The number of ether oxygens (including phenoxy) is 4. The average molecular weight is 870 g/mol. The third-order valence-electron chi connectivity index (χ3n) is 11.7. The Morgan fingerprint density at radius 2 is 1.67 bits per heavy atom. The minimum Gasteiger partial charge on any atom is -0.495 e. The quantitative estimate of drug-likeness (QED) is 0.0946. The second-order valence-electron chi connectivity index (χ2n) is 15.7. The van der Waals surface area contributed by atoms with Gasteiger partial charge in [-0.15, -0.1) is 0 Å². The summed E-state index contributed by atoms with van der Waals surface area (Å²) < 4.78 is 22.3. The van der Waals surface area contributed by atoms with Crippen molar-refractivity contribution in [3.05, 3.63) is 59.3 Å². The number of aromatic nitrogens is 2. The Labute approximate surface area is 365 Å². The SMILES string of the molecule is CC[C@@H]1C(=O)N(C)c2cnc(Nc3ccc(C(=O)NCCOCCOCCOCCC(=O)Nc4cccc5c4CN(C4CCC(=O)NC4=O)C5=O)cc3OC)nc2N1C1CCCC1. The molecule has 1 saturated carbocycles. The molecule has 4 aliphatic rings. The highest BCUT2D eigenvalue weighted by Gasteiger charge is 2.42. The van der Waals surface area contributed by atoms with E-state index < -0.39 is 11.9 Å². The Bertz CT molecular complexity index is 2200. The highest BCUT2D eigenvalue weighted by Crippen LogP contribution is 2.40. The first-order chi connectivity index (χ1) is 30.6. The highest BCUT2D eigenvalue weighted by atomic mass is 16.5. The number of methoxy groups -OCH3 is 1. The van der Waals surface area contributed by atoms with Gasteiger partial charge in [0.05, 0.1) is 65.1 Å². The molecular weight excluding hydrogens is 815 g/mol. The van der Waals surface area contributed by atoms with Gasteiger partial charge in [-0.3, -0.25) is 34.1 Å². The molecule has 1 saturated heterocycles. The van der Waals surface area contributed by atoms with Gasteiger partial charge in [0.2, 0.25) is 29.6 Å². The van der Waals surface area contributed by atoms with Gasteiger partial charge >= 0.3 is 0 Å². The Morgan fingerprint density at radius 3 is 2.40 bits per heavy atom. The van der Waals surface area contributed by atoms with Crippen LogP contribution in [0.15, 0.2) is 42.6 Å². The van der Waals surface area contributed by atoms with Crippen LogP contribution in [0.5, 0.6) is 5.75 Å². The lowest BCUT2D eigenvalue weighted by molar-refractivity contribution is -0.137. The maximum Gasteiger partial charge on any atom is 0.255 e. The van der Waals surface area contributed by atoms with Gasteiger partial charge in [0.15, 0.2) is 5.82 Å². The van der Waals surface area contributed by atoms with E-state index in [1.54, 1.807) is 54.5 Å². The van der Waals surface area contributed by atoms with Gasteiger partial charge in [0, 0.05) is 55.0 Å². The predicted molar refractivity (Wildman–Crippen MR) is 231 cm³/mol. The number of fused-ring (bicyclic) bond motifs is 2. The molecule has 3 aromatic rings. The van der Waals surface area contributed by atoms with Crippen molar-refractivity contribution in [1.82, 2.24) is 25.5 Å². The summed E-state index contributed by atoms with van der Waals surface area (Å²) in [5.74, 6) is -0.155. The zero-order chi connectivity index (χ0) is 44.5. The second kappa shape index (κ2) is 20.8. The van der Waals surface area contributed by atoms with Gasteiger partial charge < -0.3 is 49.6 Å². The summed E-state index contributed by atoms with van der Waals surface area (Å²) in [6.07, 6.45) is 7.15. The van der Waals surface area contributed by atoms with E-state index in [0.717, 1.165) is 31.5 Å². The lowest BCUT2D eigenvalue weighted by atomic mass is 10.0. The fraction of sp³-hybridized carbons (Fsp3) is 0.500. The van der Waals surface area contributed by atoms with Crippen molar-refractivity contribution in [1.29, 1.82) is 0 Å². The van der Waals surface area contributed by atoms with Crippen molar-refractivity contribution in [2.45, 2.75) is 83.0 Å². The molecule has 19 nitrogen and oxygen atoms in total. The van der Waals surface area contributed by atoms with Crippen LogP contribution in [0, 0.1) is 0 Å². The largest absolute Gasteiger partial charge is 0.495 e. The number of hydrogen-bond donors (Lipinski definition) is 4. The molecular formula is C44H55N9O10. The van der Waals surface area contributed by atoms with Crippen LogP contribution in [0.3, 0.4) is 0 Å². The first kappa shape index (κ1) is 44.9. The molecule has 2 fully saturated rings. The molecule has 2 aromatic carbocycles. The molecule has 4 heterocycles. The molecule has 1 aromatic heterocycles. The molecule has 3 aliphatic heterocycles. The molecule has 4 N–H and O–H groups in total. The molecule has 1 unspecified atom stereocenters. The summed E-state index contributed by atoms with van der Waals surface area (Å²) in [5, 5.41) is 11.2. The highest BCUT2D eigenvalue weighted by molar-refractivity contribution is 6.07. The number of amides is 6. The average Bonchev–Trinajstić information content (AvgIpc) is 3.94. The number of nitrogens with zero attached hydrogens (tertiary/aromatic N) is 5. The lowest BCUT2D eigenvalue weighted by Crippen LogP contribution is -2.55. The van der Waals surface area contributed by atoms with Crippen molar-refractivity contribution < 1.29 is 47.7 Å². The van der Waals surface area contributed by atoms with E-state index in [-0.39, 0.29) is 93.8 Å². The van der Waals surface area contributed by atoms with Crippen LogP contribution in [0.1, 0.15) is 84.6 Å². The van der Waals surface area contributed by atoms with Crippen LogP contribution in [-0.2, 0) is 39.9 Å². The van der Waals surface area contributed by atoms with Crippen molar-refractivity contribution in [3.63, 3.8) is 0 Å². The Hall–Kier alpha value is -6.18. The Balaban J connectivity index is 0.767. The number of benzene rings is 2. The molecule has 7 rings (SSSR count). The predicted octanol–water partition coefficient (Wildman–Crippen LogP) is 3.30. The monoisotopic (exact) mass is 869 g/mol. The molecule has 0 spiro atoms. The summed E-state index contributed by atoms with van der Waals surface area (Å²) >= 11 is 0. The van der Waals surface area contributed by atoms with Gasteiger partial charge in [0.1, 0.15) is 23.5 Å². The van der Waals surface area contributed by atoms with Crippen LogP contribution in [0.4, 0.5) is 28.8 Å². The normalized spacial score (nSPS) is 18.6. The van der Waals surface area contributed by atoms with Crippen LogP contribution in [0.2, 0.25) is 0 Å². The first-order valence-corrected chi connectivity index (χ1v) is 21.5. The number of likely N-dealkylation sites (N-methyl/N-ethyl adjacent to an activating group) is 1. The second-order valence-corrected chi connectivity index (χ2v) is 15.7. The van der Waals surface area contributed by atoms with E-state index in [1.165, 1.54) is 12.0 Å². The Morgan fingerprint density at radius 1 is 0.921 bits per heavy atom. The molecule has 0 radical (unpaired) electrons. The number of hydrogen-bond acceptors (Lipinski definition) is 14. The van der Waals surface area contributed by atoms with Crippen molar-refractivity contribution in [2.75, 3.05) is 80.8 Å². The molecule has 2 atom stereocenters. The van der Waals surface area contributed by atoms with Gasteiger partial charge in [0.25, 0.3) is 11.8 Å². The number of nitrogens with one attached hydrogen (secondary N) is 4. The zero-order valence-electron chi connectivity index (χ0n) is 35.9. The standard InChI is InChI=1S/C44H55N9O10/c1-4-33-43(59)51(2)35-25-46-44(50-39(35)53(33)28-8-5-6-9-28)48-32-13-12-27(24-36(32)60-3)40(56)45-17-19-62-21-23-63-22-20-61-18-16-38(55)47-31-11-7-10-29-30(31)26-52(42(29)58)34-14-15-37(54)49-41(34)57/h7,10-13,24-25,28,33-34H,4-6,8-9,14-23,26H2,1-3H3,(H,45,56)(H,47,55)(H,46,48,50)(H,49,54,57)/t33-,34?/m1/s1. The number of rotatable bonds is 20. The molecule has 6 amide bonds. The summed E-state index contributed by atoms with van der Waals surface area (Å²) in [6, 6.07) is 9.34. The Kier molecular flexibility index (Phi) is 14.8. The fourth-order valence-electron chi connectivity index (χ4n) is 8.46. The number of piperidine rings is 1. The minimum atomic E-state index is -0.739. The fourth-order valence-corrected chi connectivity index (χ4v) is 8.46. The van der Waals surface area contributed by atoms with E-state index >= 15 is 0 Å². The third kappa shape index (κ3) is 10.4. The van der Waals surface area contributed by atoms with Gasteiger partial charge in [-0.1, -0.05) is 25.8 Å². The minimum absolute atomic E-state index is 0.0502. The molecule has 336 valence electrons. The molecule has 63 heavy (non-hydrogen) atoms. The summed E-state index contributed by atoms with van der Waals surface area (Å²) in [4.78, 5) is 90.5. The van der Waals surface area contributed by atoms with E-state index in [0.29, 0.717) is 71.7 Å². The van der Waals surface area contributed by atoms with Crippen LogP contribution in [0.25, 0.3) is 0 Å². The summed E-state index contributed by atoms with van der Waals surface area (Å²) in [5.41, 5.74) is 3.21. The first-order valence-electron chi connectivity index (χ1n) is 21.5. The van der Waals surface area contributed by atoms with Crippen LogP contribution < -0.4 is 35.8 Å². The molecule has 19 heteroatoms. The number of carbonyl (C=O) groups excluding carboxylic acids is 6. The molecule has 1 aliphatic carbocycles. The van der Waals surface area contributed by atoms with E-state index in [2.05, 4.69) is 31.2 Å². The number of carbonyl (C=O) groups is 6.